The second-order valence-corrected chi connectivity index (χ2v) is 2.01. The lowest BCUT2D eigenvalue weighted by molar-refractivity contribution is -0.111. The molecule has 0 aromatic heterocycles. The Morgan fingerprint density at radius 3 is 1.55 bits per heavy atom. The molecular formula is C7H14N2O2. The van der Waals surface area contributed by atoms with E-state index in [0.717, 1.165) is 0 Å². The molecule has 2 aliphatic heterocycles. The fraction of sp³-hybridized carbons (Fsp3) is 0.714. The molecule has 0 bridgehead atoms. The molecule has 2 saturated heterocycles. The van der Waals surface area contributed by atoms with E-state index in [0.29, 0.717) is 6.54 Å². The van der Waals surface area contributed by atoms with E-state index in [2.05, 4.69) is 10.6 Å². The largest absolute Gasteiger partial charge is 0.346 e. The van der Waals surface area contributed by atoms with Crippen molar-refractivity contribution in [2.45, 2.75) is 26.8 Å². The van der Waals surface area contributed by atoms with Crippen LogP contribution in [0.15, 0.2) is 0 Å². The Hall–Kier alpha value is -1.06. The first-order valence-electron chi connectivity index (χ1n) is 3.77. The first kappa shape index (κ1) is 9.94. The molecule has 0 aromatic rings. The molecular weight excluding hydrogens is 144 g/mol. The lowest BCUT2D eigenvalue weighted by Gasteiger charge is -1.49. The molecule has 2 amide bonds. The van der Waals surface area contributed by atoms with Gasteiger partial charge in [0.1, 0.15) is 6.04 Å². The summed E-state index contributed by atoms with van der Waals surface area (Å²) in [6.45, 7) is 6.43. The summed E-state index contributed by atoms with van der Waals surface area (Å²) in [4.78, 5) is 19.2. The van der Waals surface area contributed by atoms with E-state index < -0.39 is 0 Å². The molecule has 0 spiro atoms. The summed E-state index contributed by atoms with van der Waals surface area (Å²) in [6, 6.07) is 0.162. The maximum absolute atomic E-state index is 9.78. The van der Waals surface area contributed by atoms with Crippen molar-refractivity contribution in [3.63, 3.8) is 0 Å². The summed E-state index contributed by atoms with van der Waals surface area (Å²) >= 11 is 0. The molecule has 0 radical (unpaired) electrons. The fourth-order valence-electron chi connectivity index (χ4n) is 0.208. The van der Waals surface area contributed by atoms with Gasteiger partial charge >= 0.3 is 0 Å². The van der Waals surface area contributed by atoms with Crippen molar-refractivity contribution in [2.24, 2.45) is 0 Å². The normalized spacial score (nSPS) is 22.6. The third-order valence-electron chi connectivity index (χ3n) is 0.990. The lowest BCUT2D eigenvalue weighted by atomic mass is 10.6. The minimum Gasteiger partial charge on any atom is -0.346 e. The van der Waals surface area contributed by atoms with E-state index in [-0.39, 0.29) is 17.9 Å². The molecule has 64 valence electrons. The first-order chi connectivity index (χ1) is 5.20. The summed E-state index contributed by atoms with van der Waals surface area (Å²) in [6.07, 6.45) is 0. The van der Waals surface area contributed by atoms with Crippen molar-refractivity contribution in [2.75, 3.05) is 6.54 Å². The number of nitrogens with one attached hydrogen (secondary N) is 2. The maximum atomic E-state index is 9.78. The van der Waals surface area contributed by atoms with Gasteiger partial charge in [0.15, 0.2) is 0 Å². The summed E-state index contributed by atoms with van der Waals surface area (Å²) < 4.78 is 0. The highest BCUT2D eigenvalue weighted by Gasteiger charge is 2.26. The zero-order chi connectivity index (χ0) is 8.85. The second-order valence-electron chi connectivity index (χ2n) is 2.01. The van der Waals surface area contributed by atoms with Crippen molar-refractivity contribution in [1.29, 1.82) is 0 Å². The highest BCUT2D eigenvalue weighted by atomic mass is 16.2. The van der Waals surface area contributed by atoms with Crippen LogP contribution in [0.3, 0.4) is 0 Å². The number of hydrogen-bond donors (Lipinski definition) is 2. The molecule has 4 nitrogen and oxygen atoms in total. The van der Waals surface area contributed by atoms with Gasteiger partial charge in [0.2, 0.25) is 11.8 Å². The van der Waals surface area contributed by atoms with Gasteiger partial charge in [-0.2, -0.15) is 0 Å². The predicted octanol–water partition coefficient (Wildman–Crippen LogP) is -0.353. The predicted molar refractivity (Wildman–Crippen MR) is 42.0 cm³/mol. The van der Waals surface area contributed by atoms with Crippen LogP contribution in [0, 0.1) is 0 Å². The molecule has 0 aliphatic carbocycles. The van der Waals surface area contributed by atoms with Crippen LogP contribution in [0.1, 0.15) is 20.8 Å². The summed E-state index contributed by atoms with van der Waals surface area (Å²) in [5, 5.41) is 5.01. The third kappa shape index (κ3) is 6.83. The molecule has 2 fully saturated rings. The molecule has 11 heavy (non-hydrogen) atoms. The van der Waals surface area contributed by atoms with E-state index in [1.165, 1.54) is 0 Å². The molecule has 0 saturated carbocycles. The van der Waals surface area contributed by atoms with E-state index in [1.54, 1.807) is 0 Å². The molecule has 1 atom stereocenters. The van der Waals surface area contributed by atoms with Crippen molar-refractivity contribution >= 4 is 11.8 Å². The smallest absolute Gasteiger partial charge is 0.242 e. The quantitative estimate of drug-likeness (QED) is 0.472. The zero-order valence-corrected chi connectivity index (χ0v) is 7.10. The fourth-order valence-corrected chi connectivity index (χ4v) is 0.208. The first-order valence-corrected chi connectivity index (χ1v) is 3.77. The van der Waals surface area contributed by atoms with Crippen LogP contribution in [0.4, 0.5) is 0 Å². The zero-order valence-electron chi connectivity index (χ0n) is 7.10. The molecule has 1 unspecified atom stereocenters. The van der Waals surface area contributed by atoms with Crippen LogP contribution in [-0.4, -0.2) is 24.4 Å². The number of amides is 2. The molecule has 4 heteroatoms. The summed E-state index contributed by atoms with van der Waals surface area (Å²) in [5.74, 6) is 0.338. The Balaban J connectivity index is 0.000000152. The summed E-state index contributed by atoms with van der Waals surface area (Å²) in [7, 11) is 0. The highest BCUT2D eigenvalue weighted by molar-refractivity contribution is 5.96. The molecule has 2 aliphatic rings. The van der Waals surface area contributed by atoms with Crippen LogP contribution >= 0.6 is 0 Å². The van der Waals surface area contributed by atoms with E-state index in [9.17, 15) is 9.59 Å². The van der Waals surface area contributed by atoms with Crippen molar-refractivity contribution in [1.82, 2.24) is 10.6 Å². The van der Waals surface area contributed by atoms with Crippen molar-refractivity contribution in [3.8, 4) is 0 Å². The number of carbonyl (C=O) groups excluding carboxylic acids is 2. The van der Waals surface area contributed by atoms with Gasteiger partial charge in [-0.1, -0.05) is 13.8 Å². The minimum absolute atomic E-state index is 0.162. The van der Waals surface area contributed by atoms with Gasteiger partial charge in [-0.3, -0.25) is 9.59 Å². The van der Waals surface area contributed by atoms with Gasteiger partial charge < -0.3 is 10.6 Å². The van der Waals surface area contributed by atoms with Crippen LogP contribution in [0.5, 0.6) is 0 Å². The number of carbonyl (C=O) groups is 2. The third-order valence-corrected chi connectivity index (χ3v) is 0.990. The molecule has 2 heterocycles. The number of hydrogen-bond acceptors (Lipinski definition) is 2. The lowest BCUT2D eigenvalue weighted by Crippen LogP contribution is -1.73. The minimum atomic E-state index is 0.162. The van der Waals surface area contributed by atoms with Crippen LogP contribution < -0.4 is 10.6 Å². The van der Waals surface area contributed by atoms with E-state index in [1.807, 2.05) is 20.8 Å². The molecule has 0 aromatic carbocycles. The molecule has 2 N–H and O–H groups in total. The Morgan fingerprint density at radius 1 is 1.36 bits per heavy atom. The van der Waals surface area contributed by atoms with Gasteiger partial charge in [-0.05, 0) is 6.92 Å². The van der Waals surface area contributed by atoms with Gasteiger partial charge in [-0.25, -0.2) is 0 Å². The van der Waals surface area contributed by atoms with Crippen LogP contribution in [-0.2, 0) is 9.59 Å². The van der Waals surface area contributed by atoms with E-state index >= 15 is 0 Å². The van der Waals surface area contributed by atoms with Gasteiger partial charge in [-0.15, -0.1) is 0 Å². The Kier molecular flexibility index (Phi) is 4.26. The molecule has 2 rings (SSSR count). The van der Waals surface area contributed by atoms with Crippen LogP contribution in [0.2, 0.25) is 0 Å². The van der Waals surface area contributed by atoms with Gasteiger partial charge in [0.05, 0.1) is 6.54 Å². The Morgan fingerprint density at radius 2 is 1.55 bits per heavy atom. The van der Waals surface area contributed by atoms with Gasteiger partial charge in [0, 0.05) is 0 Å². The monoisotopic (exact) mass is 158 g/mol. The Labute approximate surface area is 66.4 Å². The standard InChI is InChI=1S/C3H5NO.C2H3NO.C2H6/c1-2-3(5)4-2;4-2-1-3-2;1-2/h2H,1H3,(H,4,5);1H2,(H,3,4);1-2H3. The highest BCUT2D eigenvalue weighted by Crippen LogP contribution is 1.93. The average molecular weight is 158 g/mol. The van der Waals surface area contributed by atoms with E-state index in [4.69, 9.17) is 0 Å². The van der Waals surface area contributed by atoms with Crippen molar-refractivity contribution in [3.05, 3.63) is 0 Å². The topological polar surface area (TPSA) is 78.0 Å². The van der Waals surface area contributed by atoms with Crippen LogP contribution in [0.25, 0.3) is 0 Å². The Bertz CT molecular complexity index is 151. The van der Waals surface area contributed by atoms with Gasteiger partial charge in [0.25, 0.3) is 0 Å². The van der Waals surface area contributed by atoms with Crippen molar-refractivity contribution < 1.29 is 9.59 Å². The number of rotatable bonds is 0. The second kappa shape index (κ2) is 4.71. The maximum Gasteiger partial charge on any atom is 0.242 e. The SMILES string of the molecule is CC.CC1NC1=O.O=C1CN1. The summed E-state index contributed by atoms with van der Waals surface area (Å²) in [5.41, 5.74) is 0. The average Bonchev–Trinajstić information content (AvgIpc) is 2.86.